The standard InChI is InChI=1S/C8H10F3NO5S/c1-16-7(13)12-4-2-3-6(5-12)17-18(14,15)8(9,10)11/h3H,2,4-5H2,1H3. The second-order valence-electron chi connectivity index (χ2n) is 3.33. The van der Waals surface area contributed by atoms with Gasteiger partial charge in [0.2, 0.25) is 0 Å². The molecule has 0 aromatic carbocycles. The van der Waals surface area contributed by atoms with Crippen molar-refractivity contribution in [2.75, 3.05) is 20.2 Å². The van der Waals surface area contributed by atoms with Gasteiger partial charge in [0.15, 0.2) is 0 Å². The fraction of sp³-hybridized carbons (Fsp3) is 0.625. The third kappa shape index (κ3) is 3.28. The van der Waals surface area contributed by atoms with Crippen molar-refractivity contribution in [3.8, 4) is 0 Å². The highest BCUT2D eigenvalue weighted by Crippen LogP contribution is 2.27. The van der Waals surface area contributed by atoms with E-state index in [2.05, 4.69) is 8.92 Å². The number of methoxy groups -OCH3 is 1. The highest BCUT2D eigenvalue weighted by molar-refractivity contribution is 7.87. The van der Waals surface area contributed by atoms with Crippen LogP contribution in [-0.2, 0) is 19.0 Å². The molecule has 1 heterocycles. The number of alkyl halides is 3. The van der Waals surface area contributed by atoms with E-state index in [1.807, 2.05) is 0 Å². The van der Waals surface area contributed by atoms with Crippen molar-refractivity contribution >= 4 is 16.2 Å². The van der Waals surface area contributed by atoms with Gasteiger partial charge in [-0.05, 0) is 12.5 Å². The molecule has 1 amide bonds. The van der Waals surface area contributed by atoms with E-state index < -0.39 is 27.5 Å². The molecule has 0 radical (unpaired) electrons. The molecule has 0 N–H and O–H groups in total. The Hall–Kier alpha value is -1.45. The van der Waals surface area contributed by atoms with Crippen LogP contribution in [0.2, 0.25) is 0 Å². The van der Waals surface area contributed by atoms with Gasteiger partial charge in [0.1, 0.15) is 5.76 Å². The Bertz CT molecular complexity index is 456. The summed E-state index contributed by atoms with van der Waals surface area (Å²) in [6.07, 6.45) is 0.592. The lowest BCUT2D eigenvalue weighted by Crippen LogP contribution is -2.37. The fourth-order valence-corrected chi connectivity index (χ4v) is 1.74. The van der Waals surface area contributed by atoms with Crippen molar-refractivity contribution in [1.82, 2.24) is 4.90 Å². The van der Waals surface area contributed by atoms with Gasteiger partial charge in [-0.2, -0.15) is 21.6 Å². The monoisotopic (exact) mass is 289 g/mol. The Labute approximate surface area is 101 Å². The van der Waals surface area contributed by atoms with Crippen LogP contribution in [0, 0.1) is 0 Å². The summed E-state index contributed by atoms with van der Waals surface area (Å²) >= 11 is 0. The van der Waals surface area contributed by atoms with Crippen LogP contribution in [0.15, 0.2) is 11.8 Å². The third-order valence-corrected chi connectivity index (χ3v) is 3.05. The predicted octanol–water partition coefficient (Wildman–Crippen LogP) is 1.21. The lowest BCUT2D eigenvalue weighted by molar-refractivity contribution is -0.0525. The van der Waals surface area contributed by atoms with Gasteiger partial charge in [-0.15, -0.1) is 0 Å². The van der Waals surface area contributed by atoms with E-state index in [4.69, 9.17) is 0 Å². The number of halogens is 3. The largest absolute Gasteiger partial charge is 0.534 e. The molecule has 1 aliphatic rings. The number of hydrogen-bond donors (Lipinski definition) is 0. The van der Waals surface area contributed by atoms with E-state index in [1.54, 1.807) is 0 Å². The van der Waals surface area contributed by atoms with E-state index in [-0.39, 0.29) is 19.5 Å². The van der Waals surface area contributed by atoms with E-state index in [1.165, 1.54) is 6.08 Å². The summed E-state index contributed by atoms with van der Waals surface area (Å²) in [5.41, 5.74) is -5.50. The molecule has 0 atom stereocenters. The van der Waals surface area contributed by atoms with Gasteiger partial charge < -0.3 is 13.8 Å². The molecule has 0 aliphatic carbocycles. The molecule has 0 spiro atoms. The maximum absolute atomic E-state index is 12.1. The zero-order valence-electron chi connectivity index (χ0n) is 9.23. The predicted molar refractivity (Wildman–Crippen MR) is 52.7 cm³/mol. The van der Waals surface area contributed by atoms with Crippen molar-refractivity contribution in [1.29, 1.82) is 0 Å². The highest BCUT2D eigenvalue weighted by Gasteiger charge is 2.49. The van der Waals surface area contributed by atoms with E-state index in [9.17, 15) is 26.4 Å². The lowest BCUT2D eigenvalue weighted by Gasteiger charge is -2.25. The summed E-state index contributed by atoms with van der Waals surface area (Å²) in [6, 6.07) is 0. The SMILES string of the molecule is COC(=O)N1CCC=C(OS(=O)(=O)C(F)(F)F)C1. The fourth-order valence-electron chi connectivity index (χ4n) is 1.25. The first-order valence-corrected chi connectivity index (χ1v) is 6.11. The molecule has 104 valence electrons. The molecule has 1 rings (SSSR count). The van der Waals surface area contributed by atoms with E-state index >= 15 is 0 Å². The minimum Gasteiger partial charge on any atom is -0.453 e. The molecule has 6 nitrogen and oxygen atoms in total. The Morgan fingerprint density at radius 1 is 1.44 bits per heavy atom. The molecule has 0 aromatic rings. The number of amides is 1. The molecule has 0 fully saturated rings. The minimum atomic E-state index is -5.70. The second-order valence-corrected chi connectivity index (χ2v) is 4.87. The van der Waals surface area contributed by atoms with Crippen LogP contribution in [0.5, 0.6) is 0 Å². The van der Waals surface area contributed by atoms with Gasteiger partial charge in [0.25, 0.3) is 0 Å². The molecule has 10 heteroatoms. The number of hydrogen-bond acceptors (Lipinski definition) is 5. The number of ether oxygens (including phenoxy) is 1. The normalized spacial score (nSPS) is 17.1. The van der Waals surface area contributed by atoms with Crippen LogP contribution >= 0.6 is 0 Å². The molecule has 0 saturated heterocycles. The quantitative estimate of drug-likeness (QED) is 0.564. The van der Waals surface area contributed by atoms with Crippen molar-refractivity contribution < 1.29 is 35.3 Å². The molecule has 0 saturated carbocycles. The summed E-state index contributed by atoms with van der Waals surface area (Å²) in [5, 5.41) is 0. The average Bonchev–Trinajstić information content (AvgIpc) is 2.26. The topological polar surface area (TPSA) is 72.9 Å². The summed E-state index contributed by atoms with van der Waals surface area (Å²) in [7, 11) is -4.60. The van der Waals surface area contributed by atoms with Crippen molar-refractivity contribution in [3.05, 3.63) is 11.8 Å². The van der Waals surface area contributed by atoms with Crippen molar-refractivity contribution in [3.63, 3.8) is 0 Å². The smallest absolute Gasteiger partial charge is 0.453 e. The Morgan fingerprint density at radius 3 is 2.56 bits per heavy atom. The average molecular weight is 289 g/mol. The highest BCUT2D eigenvalue weighted by atomic mass is 32.2. The van der Waals surface area contributed by atoms with Crippen LogP contribution in [0.25, 0.3) is 0 Å². The zero-order valence-corrected chi connectivity index (χ0v) is 10.0. The number of carbonyl (C=O) groups excluding carboxylic acids is 1. The van der Waals surface area contributed by atoms with Gasteiger partial charge in [0.05, 0.1) is 13.7 Å². The van der Waals surface area contributed by atoms with Crippen LogP contribution in [-0.4, -0.2) is 45.1 Å². The third-order valence-electron chi connectivity index (χ3n) is 2.05. The van der Waals surface area contributed by atoms with Crippen molar-refractivity contribution in [2.45, 2.75) is 11.9 Å². The second kappa shape index (κ2) is 5.04. The summed E-state index contributed by atoms with van der Waals surface area (Å²) in [5.74, 6) is -0.455. The maximum atomic E-state index is 12.1. The van der Waals surface area contributed by atoms with Gasteiger partial charge in [-0.3, -0.25) is 0 Å². The van der Waals surface area contributed by atoms with Crippen LogP contribution in [0.1, 0.15) is 6.42 Å². The van der Waals surface area contributed by atoms with Crippen LogP contribution in [0.3, 0.4) is 0 Å². The first kappa shape index (κ1) is 14.6. The molecular formula is C8H10F3NO5S. The minimum absolute atomic E-state index is 0.178. The molecule has 0 bridgehead atoms. The summed E-state index contributed by atoms with van der Waals surface area (Å²) < 4.78 is 66.0. The summed E-state index contributed by atoms with van der Waals surface area (Å²) in [6.45, 7) is -0.173. The zero-order chi connectivity index (χ0) is 14.0. The first-order chi connectivity index (χ1) is 8.17. The van der Waals surface area contributed by atoms with E-state index in [0.717, 1.165) is 12.0 Å². The first-order valence-electron chi connectivity index (χ1n) is 4.70. The van der Waals surface area contributed by atoms with E-state index in [0.29, 0.717) is 0 Å². The van der Waals surface area contributed by atoms with Gasteiger partial charge >= 0.3 is 21.7 Å². The Kier molecular flexibility index (Phi) is 4.09. The Morgan fingerprint density at radius 2 is 2.06 bits per heavy atom. The molecule has 0 unspecified atom stereocenters. The Balaban J connectivity index is 2.76. The van der Waals surface area contributed by atoms with Gasteiger partial charge in [-0.25, -0.2) is 4.79 Å². The van der Waals surface area contributed by atoms with Crippen LogP contribution in [0.4, 0.5) is 18.0 Å². The lowest BCUT2D eigenvalue weighted by atomic mass is 10.2. The molecular weight excluding hydrogens is 279 g/mol. The molecule has 0 aromatic heterocycles. The maximum Gasteiger partial charge on any atom is 0.534 e. The van der Waals surface area contributed by atoms with Crippen LogP contribution < -0.4 is 0 Å². The molecule has 1 aliphatic heterocycles. The number of rotatable bonds is 2. The number of nitrogens with zero attached hydrogens (tertiary/aromatic N) is 1. The van der Waals surface area contributed by atoms with Crippen molar-refractivity contribution in [2.24, 2.45) is 0 Å². The van der Waals surface area contributed by atoms with Gasteiger partial charge in [-0.1, -0.05) is 0 Å². The number of carbonyl (C=O) groups is 1. The van der Waals surface area contributed by atoms with Gasteiger partial charge in [0, 0.05) is 6.54 Å². The summed E-state index contributed by atoms with van der Waals surface area (Å²) in [4.78, 5) is 12.2. The molecule has 18 heavy (non-hydrogen) atoms.